The molecular formula is C16H21ClFNO2S. The molecule has 122 valence electrons. The van der Waals surface area contributed by atoms with E-state index in [1.54, 1.807) is 12.1 Å². The number of benzene rings is 1. The van der Waals surface area contributed by atoms with Crippen molar-refractivity contribution in [2.24, 2.45) is 0 Å². The zero-order valence-electron chi connectivity index (χ0n) is 12.5. The van der Waals surface area contributed by atoms with Crippen LogP contribution in [0.3, 0.4) is 0 Å². The second-order valence-corrected chi connectivity index (χ2v) is 8.97. The summed E-state index contributed by atoms with van der Waals surface area (Å²) in [7, 11) is -2.86. The van der Waals surface area contributed by atoms with Crippen LogP contribution in [0.5, 0.6) is 0 Å². The van der Waals surface area contributed by atoms with Crippen molar-refractivity contribution < 1.29 is 12.8 Å². The van der Waals surface area contributed by atoms with Gasteiger partial charge >= 0.3 is 0 Å². The van der Waals surface area contributed by atoms with E-state index in [0.29, 0.717) is 28.8 Å². The smallest absolute Gasteiger partial charge is 0.151 e. The summed E-state index contributed by atoms with van der Waals surface area (Å²) in [4.78, 5) is 2.33. The summed E-state index contributed by atoms with van der Waals surface area (Å²) in [5.41, 5.74) is 0.568. The molecule has 0 amide bonds. The summed E-state index contributed by atoms with van der Waals surface area (Å²) in [6.45, 7) is 0.815. The van der Waals surface area contributed by atoms with Crippen LogP contribution in [0.25, 0.3) is 0 Å². The van der Waals surface area contributed by atoms with E-state index in [0.717, 1.165) is 32.2 Å². The van der Waals surface area contributed by atoms with Crippen molar-refractivity contribution in [3.63, 3.8) is 0 Å². The zero-order valence-corrected chi connectivity index (χ0v) is 14.0. The van der Waals surface area contributed by atoms with E-state index in [1.807, 2.05) is 0 Å². The van der Waals surface area contributed by atoms with Gasteiger partial charge in [0.15, 0.2) is 9.84 Å². The molecule has 1 aromatic rings. The van der Waals surface area contributed by atoms with Crippen LogP contribution >= 0.6 is 11.6 Å². The first-order valence-electron chi connectivity index (χ1n) is 7.85. The molecule has 2 aliphatic rings. The molecule has 1 atom stereocenters. The lowest BCUT2D eigenvalue weighted by molar-refractivity contribution is 0.199. The number of hydrogen-bond donors (Lipinski definition) is 0. The standard InChI is InChI=1S/C16H21ClFNO2S/c17-15-4-1-5-16(18)14(15)3-2-9-19(12-6-7-12)13-8-10-22(20,21)11-13/h1,4-5,12-13H,2-3,6-11H2. The Morgan fingerprint density at radius 1 is 1.23 bits per heavy atom. The van der Waals surface area contributed by atoms with Gasteiger partial charge in [-0.3, -0.25) is 4.90 Å². The van der Waals surface area contributed by atoms with E-state index in [-0.39, 0.29) is 17.6 Å². The van der Waals surface area contributed by atoms with Crippen LogP contribution in [0, 0.1) is 5.82 Å². The molecule has 2 fully saturated rings. The van der Waals surface area contributed by atoms with E-state index in [2.05, 4.69) is 4.90 Å². The van der Waals surface area contributed by atoms with Gasteiger partial charge in [0.1, 0.15) is 5.82 Å². The van der Waals surface area contributed by atoms with Crippen LogP contribution in [0.2, 0.25) is 5.02 Å². The van der Waals surface area contributed by atoms with E-state index in [1.165, 1.54) is 6.07 Å². The zero-order chi connectivity index (χ0) is 15.7. The van der Waals surface area contributed by atoms with E-state index in [9.17, 15) is 12.8 Å². The number of rotatable bonds is 6. The number of sulfone groups is 1. The maximum Gasteiger partial charge on any atom is 0.151 e. The summed E-state index contributed by atoms with van der Waals surface area (Å²) in [5, 5.41) is 0.474. The van der Waals surface area contributed by atoms with Gasteiger partial charge in [-0.15, -0.1) is 0 Å². The SMILES string of the molecule is O=S1(=O)CCC(N(CCCc2c(F)cccc2Cl)C2CC2)C1. The predicted octanol–water partition coefficient (Wildman–Crippen LogP) is 3.06. The Morgan fingerprint density at radius 2 is 2.00 bits per heavy atom. The quantitative estimate of drug-likeness (QED) is 0.795. The maximum absolute atomic E-state index is 13.8. The van der Waals surface area contributed by atoms with Crippen molar-refractivity contribution in [1.82, 2.24) is 4.90 Å². The highest BCUT2D eigenvalue weighted by Crippen LogP contribution is 2.32. The lowest BCUT2D eigenvalue weighted by atomic mass is 10.1. The Hall–Kier alpha value is -0.650. The van der Waals surface area contributed by atoms with Crippen molar-refractivity contribution in [1.29, 1.82) is 0 Å². The first-order chi connectivity index (χ1) is 10.5. The average molecular weight is 346 g/mol. The molecule has 6 heteroatoms. The highest BCUT2D eigenvalue weighted by molar-refractivity contribution is 7.91. The van der Waals surface area contributed by atoms with Crippen LogP contribution in [-0.4, -0.2) is 43.5 Å². The Kier molecular flexibility index (Phi) is 4.76. The molecule has 1 aliphatic heterocycles. The van der Waals surface area contributed by atoms with Crippen LogP contribution in [0.1, 0.15) is 31.2 Å². The molecule has 0 bridgehead atoms. The second-order valence-electron chi connectivity index (χ2n) is 6.33. The molecule has 0 spiro atoms. The molecule has 0 N–H and O–H groups in total. The predicted molar refractivity (Wildman–Crippen MR) is 86.5 cm³/mol. The first-order valence-corrected chi connectivity index (χ1v) is 10.1. The van der Waals surface area contributed by atoms with Gasteiger partial charge in [0.05, 0.1) is 11.5 Å². The van der Waals surface area contributed by atoms with Crippen LogP contribution < -0.4 is 0 Å². The van der Waals surface area contributed by atoms with Gasteiger partial charge < -0.3 is 0 Å². The third-order valence-corrected chi connectivity index (χ3v) is 6.70. The van der Waals surface area contributed by atoms with E-state index >= 15 is 0 Å². The van der Waals surface area contributed by atoms with Gasteiger partial charge in [0.25, 0.3) is 0 Å². The molecule has 1 aliphatic carbocycles. The molecule has 1 saturated carbocycles. The minimum atomic E-state index is -2.86. The van der Waals surface area contributed by atoms with Crippen molar-refractivity contribution in [3.05, 3.63) is 34.6 Å². The fourth-order valence-corrected chi connectivity index (χ4v) is 5.32. The van der Waals surface area contributed by atoms with Gasteiger partial charge in [-0.25, -0.2) is 12.8 Å². The normalized spacial score (nSPS) is 24.0. The summed E-state index contributed by atoms with van der Waals surface area (Å²) in [6, 6.07) is 5.43. The molecule has 1 aromatic carbocycles. The van der Waals surface area contributed by atoms with Gasteiger partial charge in [-0.1, -0.05) is 17.7 Å². The van der Waals surface area contributed by atoms with Crippen LogP contribution in [0.4, 0.5) is 4.39 Å². The van der Waals surface area contributed by atoms with Crippen molar-refractivity contribution in [3.8, 4) is 0 Å². The topological polar surface area (TPSA) is 37.4 Å². The lowest BCUT2D eigenvalue weighted by Gasteiger charge is -2.28. The van der Waals surface area contributed by atoms with Crippen LogP contribution in [-0.2, 0) is 16.3 Å². The van der Waals surface area contributed by atoms with Gasteiger partial charge in [-0.05, 0) is 50.8 Å². The summed E-state index contributed by atoms with van der Waals surface area (Å²) < 4.78 is 37.1. The Labute approximate surface area is 136 Å². The minimum absolute atomic E-state index is 0.147. The molecular weight excluding hydrogens is 325 g/mol. The summed E-state index contributed by atoms with van der Waals surface area (Å²) in [6.07, 6.45) is 4.43. The Balaban J connectivity index is 1.59. The number of nitrogens with zero attached hydrogens (tertiary/aromatic N) is 1. The van der Waals surface area contributed by atoms with E-state index in [4.69, 9.17) is 11.6 Å². The molecule has 1 saturated heterocycles. The largest absolute Gasteiger partial charge is 0.296 e. The van der Waals surface area contributed by atoms with Crippen molar-refractivity contribution >= 4 is 21.4 Å². The number of hydrogen-bond acceptors (Lipinski definition) is 3. The van der Waals surface area contributed by atoms with Gasteiger partial charge in [0.2, 0.25) is 0 Å². The molecule has 0 radical (unpaired) electrons. The first kappa shape index (κ1) is 16.2. The highest BCUT2D eigenvalue weighted by atomic mass is 35.5. The third-order valence-electron chi connectivity index (χ3n) is 4.60. The average Bonchev–Trinajstić information content (AvgIpc) is 3.21. The monoisotopic (exact) mass is 345 g/mol. The molecule has 1 heterocycles. The lowest BCUT2D eigenvalue weighted by Crippen LogP contribution is -2.38. The second kappa shape index (κ2) is 6.46. The van der Waals surface area contributed by atoms with Gasteiger partial charge in [-0.2, -0.15) is 0 Å². The molecule has 3 nitrogen and oxygen atoms in total. The van der Waals surface area contributed by atoms with E-state index < -0.39 is 9.84 Å². The Bertz CT molecular complexity index is 625. The molecule has 0 aromatic heterocycles. The number of halogens is 2. The molecule has 1 unspecified atom stereocenters. The van der Waals surface area contributed by atoms with Crippen molar-refractivity contribution in [2.75, 3.05) is 18.1 Å². The fraction of sp³-hybridized carbons (Fsp3) is 0.625. The molecule has 22 heavy (non-hydrogen) atoms. The summed E-state index contributed by atoms with van der Waals surface area (Å²) >= 11 is 6.05. The van der Waals surface area contributed by atoms with Crippen LogP contribution in [0.15, 0.2) is 18.2 Å². The fourth-order valence-electron chi connectivity index (χ4n) is 3.32. The van der Waals surface area contributed by atoms with Crippen molar-refractivity contribution in [2.45, 2.75) is 44.2 Å². The maximum atomic E-state index is 13.8. The highest BCUT2D eigenvalue weighted by Gasteiger charge is 2.39. The molecule has 3 rings (SSSR count). The Morgan fingerprint density at radius 3 is 2.59 bits per heavy atom. The minimum Gasteiger partial charge on any atom is -0.296 e. The summed E-state index contributed by atoms with van der Waals surface area (Å²) in [5.74, 6) is 0.332. The van der Waals surface area contributed by atoms with Gasteiger partial charge in [0, 0.05) is 22.7 Å². The third kappa shape index (κ3) is 3.81.